The Balaban J connectivity index is 1.54. The van der Waals surface area contributed by atoms with E-state index >= 15 is 0 Å². The third kappa shape index (κ3) is 5.61. The summed E-state index contributed by atoms with van der Waals surface area (Å²) in [6.45, 7) is 11.5. The van der Waals surface area contributed by atoms with Crippen LogP contribution in [-0.2, 0) is 32.2 Å². The second-order valence-electron chi connectivity index (χ2n) is 12.3. The van der Waals surface area contributed by atoms with Crippen molar-refractivity contribution in [2.45, 2.75) is 69.4 Å². The molecule has 3 saturated heterocycles. The van der Waals surface area contributed by atoms with Crippen molar-refractivity contribution in [3.05, 3.63) is 97.1 Å². The molecule has 0 radical (unpaired) electrons. The highest BCUT2D eigenvalue weighted by molar-refractivity contribution is 5.99. The van der Waals surface area contributed by atoms with E-state index in [4.69, 9.17) is 4.74 Å². The maximum absolute atomic E-state index is 14.6. The standard InChI is InChI=1S/C36H45N3O5/c1-4-21-37(25-27-15-9-7-10-16-27)32(41)29-30-33(42)39(23-13-14-24-40)31(36(30)20-19-35(29,6-3)44-36)34(43)38(22-5-2)26-28-17-11-8-12-18-28/h4-5,7-12,15-18,29-31,40H,1-2,6,13-14,19-26H2,3H3/t29-,30+,31?,35+,36?/m1/s1. The lowest BCUT2D eigenvalue weighted by Crippen LogP contribution is -2.56. The minimum atomic E-state index is -1.10. The molecule has 3 heterocycles. The monoisotopic (exact) mass is 599 g/mol. The normalized spacial score (nSPS) is 26.8. The fourth-order valence-corrected chi connectivity index (χ4v) is 7.76. The Morgan fingerprint density at radius 3 is 2.02 bits per heavy atom. The number of rotatable bonds is 15. The lowest BCUT2D eigenvalue weighted by Gasteiger charge is -2.37. The molecule has 2 bridgehead atoms. The molecule has 2 unspecified atom stereocenters. The van der Waals surface area contributed by atoms with Gasteiger partial charge in [0.2, 0.25) is 17.7 Å². The van der Waals surface area contributed by atoms with Crippen molar-refractivity contribution < 1.29 is 24.2 Å². The summed E-state index contributed by atoms with van der Waals surface area (Å²) in [5.41, 5.74) is 0.0336. The fourth-order valence-electron chi connectivity index (χ4n) is 7.76. The van der Waals surface area contributed by atoms with Gasteiger partial charge in [0.1, 0.15) is 11.6 Å². The van der Waals surface area contributed by atoms with Crippen LogP contribution >= 0.6 is 0 Å². The summed E-state index contributed by atoms with van der Waals surface area (Å²) in [6.07, 6.45) is 6.16. The third-order valence-electron chi connectivity index (χ3n) is 9.74. The SMILES string of the molecule is C=CCN(Cc1ccccc1)C(=O)C1N(CCCCO)C(=O)[C@@H]2[C@H](C(=O)N(CC=C)Cc3ccccc3)[C@]3(CC)CCC12O3. The van der Waals surface area contributed by atoms with Crippen LogP contribution in [0.4, 0.5) is 0 Å². The largest absolute Gasteiger partial charge is 0.396 e. The van der Waals surface area contributed by atoms with Crippen LogP contribution in [-0.4, -0.2) is 81.0 Å². The Morgan fingerprint density at radius 2 is 1.50 bits per heavy atom. The van der Waals surface area contributed by atoms with Gasteiger partial charge < -0.3 is 24.5 Å². The van der Waals surface area contributed by atoms with Crippen LogP contribution in [0, 0.1) is 11.8 Å². The van der Waals surface area contributed by atoms with E-state index in [1.165, 1.54) is 0 Å². The number of benzene rings is 2. The first kappa shape index (κ1) is 31.7. The Hall–Kier alpha value is -3.75. The Morgan fingerprint density at radius 1 is 0.932 bits per heavy atom. The van der Waals surface area contributed by atoms with Gasteiger partial charge in [-0.1, -0.05) is 79.7 Å². The maximum Gasteiger partial charge on any atom is 0.248 e. The summed E-state index contributed by atoms with van der Waals surface area (Å²) in [7, 11) is 0. The van der Waals surface area contributed by atoms with Crippen molar-refractivity contribution >= 4 is 17.7 Å². The smallest absolute Gasteiger partial charge is 0.248 e. The van der Waals surface area contributed by atoms with Gasteiger partial charge in [0, 0.05) is 39.3 Å². The second kappa shape index (κ2) is 13.5. The van der Waals surface area contributed by atoms with Crippen LogP contribution in [0.3, 0.4) is 0 Å². The molecule has 234 valence electrons. The van der Waals surface area contributed by atoms with Crippen LogP contribution in [0.1, 0.15) is 50.2 Å². The number of hydrogen-bond acceptors (Lipinski definition) is 5. The number of likely N-dealkylation sites (tertiary alicyclic amines) is 1. The van der Waals surface area contributed by atoms with Crippen LogP contribution < -0.4 is 0 Å². The van der Waals surface area contributed by atoms with Crippen molar-refractivity contribution in [3.8, 4) is 0 Å². The van der Waals surface area contributed by atoms with Gasteiger partial charge >= 0.3 is 0 Å². The van der Waals surface area contributed by atoms with E-state index in [1.807, 2.05) is 67.6 Å². The summed E-state index contributed by atoms with van der Waals surface area (Å²) >= 11 is 0. The molecule has 5 atom stereocenters. The zero-order valence-electron chi connectivity index (χ0n) is 25.8. The van der Waals surface area contributed by atoms with Gasteiger partial charge in [0.15, 0.2) is 0 Å². The van der Waals surface area contributed by atoms with E-state index in [0.717, 1.165) is 11.1 Å². The van der Waals surface area contributed by atoms with Gasteiger partial charge in [-0.05, 0) is 43.2 Å². The Kier molecular flexibility index (Phi) is 9.71. The number of carbonyl (C=O) groups excluding carboxylic acids is 3. The predicted molar refractivity (Wildman–Crippen MR) is 169 cm³/mol. The summed E-state index contributed by atoms with van der Waals surface area (Å²) < 4.78 is 6.99. The van der Waals surface area contributed by atoms with E-state index < -0.39 is 29.1 Å². The molecule has 3 amide bonds. The maximum atomic E-state index is 14.6. The molecule has 8 nitrogen and oxygen atoms in total. The minimum Gasteiger partial charge on any atom is -0.396 e. The molecule has 2 aromatic carbocycles. The Bertz CT molecular complexity index is 1350. The van der Waals surface area contributed by atoms with Gasteiger partial charge in [0.25, 0.3) is 0 Å². The van der Waals surface area contributed by atoms with Crippen LogP contribution in [0.5, 0.6) is 0 Å². The number of unbranched alkanes of at least 4 members (excludes halogenated alkanes) is 1. The van der Waals surface area contributed by atoms with Crippen molar-refractivity contribution in [1.29, 1.82) is 0 Å². The topological polar surface area (TPSA) is 90.4 Å². The molecule has 2 aromatic rings. The molecular formula is C36H45N3O5. The summed E-state index contributed by atoms with van der Waals surface area (Å²) in [5.74, 6) is -2.01. The predicted octanol–water partition coefficient (Wildman–Crippen LogP) is 4.34. The third-order valence-corrected chi connectivity index (χ3v) is 9.74. The van der Waals surface area contributed by atoms with Gasteiger partial charge in [-0.25, -0.2) is 0 Å². The summed E-state index contributed by atoms with van der Waals surface area (Å²) in [5, 5.41) is 9.51. The van der Waals surface area contributed by atoms with Crippen molar-refractivity contribution in [1.82, 2.24) is 14.7 Å². The zero-order valence-corrected chi connectivity index (χ0v) is 25.8. The molecule has 1 spiro atoms. The molecule has 0 aliphatic carbocycles. The molecule has 0 aromatic heterocycles. The second-order valence-corrected chi connectivity index (χ2v) is 12.3. The number of carbonyl (C=O) groups is 3. The molecule has 3 aliphatic rings. The van der Waals surface area contributed by atoms with Crippen LogP contribution in [0.15, 0.2) is 86.0 Å². The summed E-state index contributed by atoms with van der Waals surface area (Å²) in [4.78, 5) is 48.9. The highest BCUT2D eigenvalue weighted by Gasteiger charge is 2.79. The first-order valence-electron chi connectivity index (χ1n) is 15.8. The summed E-state index contributed by atoms with van der Waals surface area (Å²) in [6, 6.07) is 18.7. The molecule has 1 N–H and O–H groups in total. The quantitative estimate of drug-likeness (QED) is 0.243. The van der Waals surface area contributed by atoms with Crippen molar-refractivity contribution in [2.75, 3.05) is 26.2 Å². The van der Waals surface area contributed by atoms with E-state index in [2.05, 4.69) is 13.2 Å². The number of nitrogens with zero attached hydrogens (tertiary/aromatic N) is 3. The number of fused-ring (bicyclic) bond motifs is 1. The Labute approximate surface area is 261 Å². The number of amides is 3. The van der Waals surface area contributed by atoms with Gasteiger partial charge in [-0.3, -0.25) is 14.4 Å². The van der Waals surface area contributed by atoms with Crippen molar-refractivity contribution in [2.24, 2.45) is 11.8 Å². The van der Waals surface area contributed by atoms with Crippen LogP contribution in [0.2, 0.25) is 0 Å². The number of ether oxygens (including phenoxy) is 1. The van der Waals surface area contributed by atoms with Crippen molar-refractivity contribution in [3.63, 3.8) is 0 Å². The number of hydrogen-bond donors (Lipinski definition) is 1. The highest BCUT2D eigenvalue weighted by Crippen LogP contribution is 2.64. The molecular weight excluding hydrogens is 554 g/mol. The first-order valence-corrected chi connectivity index (χ1v) is 15.8. The number of aliphatic hydroxyl groups excluding tert-OH is 1. The van der Waals surface area contributed by atoms with Gasteiger partial charge in [0.05, 0.1) is 17.4 Å². The van der Waals surface area contributed by atoms with E-state index in [-0.39, 0.29) is 24.3 Å². The fraction of sp³-hybridized carbons (Fsp3) is 0.472. The zero-order chi connectivity index (χ0) is 31.3. The molecule has 3 aliphatic heterocycles. The van der Waals surface area contributed by atoms with E-state index in [9.17, 15) is 19.5 Å². The van der Waals surface area contributed by atoms with Gasteiger partial charge in [-0.15, -0.1) is 13.2 Å². The lowest BCUT2D eigenvalue weighted by molar-refractivity contribution is -0.155. The average Bonchev–Trinajstić information content (AvgIpc) is 3.65. The van der Waals surface area contributed by atoms with E-state index in [1.54, 1.807) is 26.9 Å². The average molecular weight is 600 g/mol. The van der Waals surface area contributed by atoms with E-state index in [0.29, 0.717) is 64.8 Å². The molecule has 44 heavy (non-hydrogen) atoms. The highest BCUT2D eigenvalue weighted by atomic mass is 16.5. The number of aliphatic hydroxyl groups is 1. The molecule has 0 saturated carbocycles. The molecule has 3 fully saturated rings. The molecule has 5 rings (SSSR count). The first-order chi connectivity index (χ1) is 21.4. The minimum absolute atomic E-state index is 0.00162. The lowest BCUT2D eigenvalue weighted by atomic mass is 9.64. The molecule has 8 heteroatoms. The van der Waals surface area contributed by atoms with Gasteiger partial charge in [-0.2, -0.15) is 0 Å². The van der Waals surface area contributed by atoms with Crippen LogP contribution in [0.25, 0.3) is 0 Å².